The first-order chi connectivity index (χ1) is 13.2. The first-order valence-corrected chi connectivity index (χ1v) is 9.39. The monoisotopic (exact) mass is 402 g/mol. The Labute approximate surface area is 161 Å². The fraction of sp³-hybridized carbons (Fsp3) is 0.684. The number of aryl methyl sites for hydroxylation is 1. The quantitative estimate of drug-likeness (QED) is 0.839. The van der Waals surface area contributed by atoms with Crippen molar-refractivity contribution >= 4 is 6.09 Å². The molecular formula is C19H25F3N2O4. The van der Waals surface area contributed by atoms with Crippen molar-refractivity contribution in [3.05, 3.63) is 29.6 Å². The smallest absolute Gasteiger partial charge is 0.427 e. The second kappa shape index (κ2) is 8.24. The standard InChI is InChI=1S/C19H25F3N2O4/c1-13-2-3-15(23-10-13)8-14-9-18(27-12-14)4-6-24(7-5-18)17(26)28-16(11-25)19(20,21)22/h2-3,10,14,16,25H,4-9,11-12H2,1H3. The molecular weight excluding hydrogens is 377 g/mol. The van der Waals surface area contributed by atoms with Gasteiger partial charge in [-0.15, -0.1) is 0 Å². The number of amides is 1. The molecule has 1 aromatic rings. The minimum absolute atomic E-state index is 0.268. The minimum atomic E-state index is -4.78. The lowest BCUT2D eigenvalue weighted by Gasteiger charge is -2.38. The summed E-state index contributed by atoms with van der Waals surface area (Å²) in [4.78, 5) is 17.7. The van der Waals surface area contributed by atoms with Gasteiger partial charge in [-0.1, -0.05) is 6.07 Å². The molecule has 0 radical (unpaired) electrons. The zero-order chi connectivity index (χ0) is 20.4. The van der Waals surface area contributed by atoms with Gasteiger partial charge in [0.05, 0.1) is 18.8 Å². The van der Waals surface area contributed by atoms with Crippen LogP contribution in [0.5, 0.6) is 0 Å². The Balaban J connectivity index is 1.49. The number of hydrogen-bond acceptors (Lipinski definition) is 5. The number of rotatable bonds is 4. The van der Waals surface area contributed by atoms with Crippen molar-refractivity contribution < 1.29 is 32.5 Å². The Kier molecular flexibility index (Phi) is 6.14. The molecule has 2 aliphatic heterocycles. The number of nitrogens with zero attached hydrogens (tertiary/aromatic N) is 2. The molecule has 0 aromatic carbocycles. The molecule has 1 N–H and O–H groups in total. The number of pyridine rings is 1. The van der Waals surface area contributed by atoms with E-state index in [9.17, 15) is 18.0 Å². The number of halogens is 3. The van der Waals surface area contributed by atoms with Crippen LogP contribution in [0.2, 0.25) is 0 Å². The van der Waals surface area contributed by atoms with Gasteiger partial charge in [0.1, 0.15) is 0 Å². The predicted molar refractivity (Wildman–Crippen MR) is 93.7 cm³/mol. The summed E-state index contributed by atoms with van der Waals surface area (Å²) < 4.78 is 48.4. The number of aliphatic hydroxyl groups excluding tert-OH is 1. The molecule has 0 bridgehead atoms. The molecule has 0 aliphatic carbocycles. The molecule has 2 atom stereocenters. The van der Waals surface area contributed by atoms with Crippen LogP contribution < -0.4 is 0 Å². The van der Waals surface area contributed by atoms with Gasteiger partial charge in [-0.05, 0) is 50.2 Å². The lowest BCUT2D eigenvalue weighted by Crippen LogP contribution is -2.49. The molecule has 6 nitrogen and oxygen atoms in total. The fourth-order valence-electron chi connectivity index (χ4n) is 3.83. The third kappa shape index (κ3) is 4.94. The topological polar surface area (TPSA) is 71.9 Å². The van der Waals surface area contributed by atoms with Gasteiger partial charge in [-0.3, -0.25) is 4.98 Å². The van der Waals surface area contributed by atoms with E-state index < -0.39 is 25.0 Å². The van der Waals surface area contributed by atoms with Gasteiger partial charge in [-0.2, -0.15) is 13.2 Å². The summed E-state index contributed by atoms with van der Waals surface area (Å²) in [5.74, 6) is 0.331. The summed E-state index contributed by atoms with van der Waals surface area (Å²) in [6.07, 6.45) is -3.73. The number of carbonyl (C=O) groups is 1. The van der Waals surface area contributed by atoms with Crippen molar-refractivity contribution in [3.63, 3.8) is 0 Å². The van der Waals surface area contributed by atoms with Crippen molar-refractivity contribution in [1.29, 1.82) is 0 Å². The number of hydrogen-bond donors (Lipinski definition) is 1. The molecule has 28 heavy (non-hydrogen) atoms. The van der Waals surface area contributed by atoms with Crippen molar-refractivity contribution in [2.24, 2.45) is 5.92 Å². The number of aliphatic hydroxyl groups is 1. The maximum atomic E-state index is 12.7. The Morgan fingerprint density at radius 1 is 1.43 bits per heavy atom. The normalized spacial score (nSPS) is 23.0. The Morgan fingerprint density at radius 3 is 2.71 bits per heavy atom. The van der Waals surface area contributed by atoms with Gasteiger partial charge in [0.15, 0.2) is 0 Å². The summed E-state index contributed by atoms with van der Waals surface area (Å²) in [6.45, 7) is 1.85. The van der Waals surface area contributed by atoms with Crippen LogP contribution in [0.15, 0.2) is 18.3 Å². The summed E-state index contributed by atoms with van der Waals surface area (Å²) in [5.41, 5.74) is 1.78. The lowest BCUT2D eigenvalue weighted by atomic mass is 9.84. The van der Waals surface area contributed by atoms with E-state index in [-0.39, 0.29) is 18.7 Å². The second-order valence-electron chi connectivity index (χ2n) is 7.68. The third-order valence-electron chi connectivity index (χ3n) is 5.46. The Morgan fingerprint density at radius 2 is 2.14 bits per heavy atom. The molecule has 2 fully saturated rings. The molecule has 2 unspecified atom stereocenters. The molecule has 1 spiro atoms. The zero-order valence-electron chi connectivity index (χ0n) is 15.7. The van der Waals surface area contributed by atoms with E-state index in [0.29, 0.717) is 25.4 Å². The molecule has 156 valence electrons. The van der Waals surface area contributed by atoms with Gasteiger partial charge in [0, 0.05) is 25.0 Å². The van der Waals surface area contributed by atoms with Gasteiger partial charge in [0.25, 0.3) is 0 Å². The average molecular weight is 402 g/mol. The maximum Gasteiger partial charge on any atom is 0.427 e. The van der Waals surface area contributed by atoms with E-state index >= 15 is 0 Å². The second-order valence-corrected chi connectivity index (χ2v) is 7.68. The van der Waals surface area contributed by atoms with Crippen molar-refractivity contribution in [2.75, 3.05) is 26.3 Å². The molecule has 9 heteroatoms. The highest BCUT2D eigenvalue weighted by molar-refractivity contribution is 5.68. The maximum absolute atomic E-state index is 12.7. The van der Waals surface area contributed by atoms with E-state index in [1.54, 1.807) is 0 Å². The van der Waals surface area contributed by atoms with Crippen LogP contribution in [-0.2, 0) is 15.9 Å². The number of alkyl halides is 3. The van der Waals surface area contributed by atoms with Gasteiger partial charge >= 0.3 is 12.3 Å². The van der Waals surface area contributed by atoms with Crippen molar-refractivity contribution in [3.8, 4) is 0 Å². The van der Waals surface area contributed by atoms with E-state index in [1.807, 2.05) is 25.3 Å². The molecule has 2 aliphatic rings. The zero-order valence-corrected chi connectivity index (χ0v) is 15.7. The lowest BCUT2D eigenvalue weighted by molar-refractivity contribution is -0.215. The highest BCUT2D eigenvalue weighted by Crippen LogP contribution is 2.40. The first kappa shape index (κ1) is 20.9. The van der Waals surface area contributed by atoms with E-state index in [4.69, 9.17) is 9.84 Å². The summed E-state index contributed by atoms with van der Waals surface area (Å²) >= 11 is 0. The number of piperidine rings is 1. The van der Waals surface area contributed by atoms with Crippen LogP contribution in [0.1, 0.15) is 30.5 Å². The van der Waals surface area contributed by atoms with Crippen LogP contribution in [-0.4, -0.2) is 65.3 Å². The summed E-state index contributed by atoms with van der Waals surface area (Å²) in [6, 6.07) is 4.04. The molecule has 2 saturated heterocycles. The number of likely N-dealkylation sites (tertiary alicyclic amines) is 1. The highest BCUT2D eigenvalue weighted by atomic mass is 19.4. The molecule has 3 heterocycles. The minimum Gasteiger partial charge on any atom is -0.434 e. The predicted octanol–water partition coefficient (Wildman–Crippen LogP) is 2.86. The van der Waals surface area contributed by atoms with Crippen LogP contribution >= 0.6 is 0 Å². The van der Waals surface area contributed by atoms with Gasteiger partial charge in [0.2, 0.25) is 6.10 Å². The van der Waals surface area contributed by atoms with Gasteiger partial charge in [-0.25, -0.2) is 4.79 Å². The highest BCUT2D eigenvalue weighted by Gasteiger charge is 2.46. The van der Waals surface area contributed by atoms with Crippen LogP contribution in [0.4, 0.5) is 18.0 Å². The largest absolute Gasteiger partial charge is 0.434 e. The van der Waals surface area contributed by atoms with Crippen LogP contribution in [0.25, 0.3) is 0 Å². The van der Waals surface area contributed by atoms with Crippen molar-refractivity contribution in [2.45, 2.75) is 50.5 Å². The fourth-order valence-corrected chi connectivity index (χ4v) is 3.83. The van der Waals surface area contributed by atoms with Gasteiger partial charge < -0.3 is 19.5 Å². The van der Waals surface area contributed by atoms with Crippen LogP contribution in [0, 0.1) is 12.8 Å². The number of ether oxygens (including phenoxy) is 2. The van der Waals surface area contributed by atoms with Crippen molar-refractivity contribution in [1.82, 2.24) is 9.88 Å². The molecule has 3 rings (SSSR count). The number of carbonyl (C=O) groups excluding carboxylic acids is 1. The SMILES string of the molecule is Cc1ccc(CC2COC3(CCN(C(=O)OC(CO)C(F)(F)F)CC3)C2)nc1. The summed E-state index contributed by atoms with van der Waals surface area (Å²) in [7, 11) is 0. The molecule has 1 amide bonds. The van der Waals surface area contributed by atoms with E-state index in [0.717, 1.165) is 24.1 Å². The Bertz CT molecular complexity index is 673. The summed E-state index contributed by atoms with van der Waals surface area (Å²) in [5, 5.41) is 8.80. The van der Waals surface area contributed by atoms with Crippen LogP contribution in [0.3, 0.4) is 0 Å². The Hall–Kier alpha value is -1.87. The molecule has 0 saturated carbocycles. The molecule has 1 aromatic heterocycles. The third-order valence-corrected chi connectivity index (χ3v) is 5.46. The first-order valence-electron chi connectivity index (χ1n) is 9.39. The van der Waals surface area contributed by atoms with E-state index in [1.165, 1.54) is 4.90 Å². The van der Waals surface area contributed by atoms with E-state index in [2.05, 4.69) is 9.72 Å². The number of aromatic nitrogens is 1. The average Bonchev–Trinajstić information content (AvgIpc) is 3.03.